The zero-order chi connectivity index (χ0) is 13.1. The number of hydrogen-bond donors (Lipinski definition) is 2. The molecule has 2 aromatic carbocycles. The van der Waals surface area contributed by atoms with Gasteiger partial charge in [0.05, 0.1) is 15.7 Å². The molecule has 0 bridgehead atoms. The second kappa shape index (κ2) is 5.83. The van der Waals surface area contributed by atoms with Crippen LogP contribution in [0.2, 0.25) is 10.0 Å². The Morgan fingerprint density at radius 1 is 1.11 bits per heavy atom. The molecule has 2 N–H and O–H groups in total. The van der Waals surface area contributed by atoms with E-state index in [1.807, 2.05) is 6.07 Å². The second-order valence-corrected chi connectivity index (χ2v) is 5.45. The van der Waals surface area contributed by atoms with Gasteiger partial charge in [0.15, 0.2) is 0 Å². The number of phenols is 1. The van der Waals surface area contributed by atoms with Crippen LogP contribution in [0.3, 0.4) is 0 Å². The summed E-state index contributed by atoms with van der Waals surface area (Å²) in [6.45, 7) is 0.439. The van der Waals surface area contributed by atoms with Crippen molar-refractivity contribution in [1.82, 2.24) is 0 Å². The van der Waals surface area contributed by atoms with Crippen molar-refractivity contribution >= 4 is 44.8 Å². The van der Waals surface area contributed by atoms with Crippen LogP contribution in [-0.2, 0) is 6.54 Å². The highest BCUT2D eigenvalue weighted by Gasteiger charge is 2.07. The monoisotopic (exact) mass is 345 g/mol. The Labute approximate surface area is 124 Å². The van der Waals surface area contributed by atoms with E-state index in [1.165, 1.54) is 0 Å². The van der Waals surface area contributed by atoms with Gasteiger partial charge in [-0.3, -0.25) is 0 Å². The lowest BCUT2D eigenvalue weighted by Crippen LogP contribution is -2.01. The van der Waals surface area contributed by atoms with Crippen molar-refractivity contribution in [3.63, 3.8) is 0 Å². The van der Waals surface area contributed by atoms with E-state index in [9.17, 15) is 5.11 Å². The van der Waals surface area contributed by atoms with Gasteiger partial charge in [0.1, 0.15) is 5.75 Å². The summed E-state index contributed by atoms with van der Waals surface area (Å²) in [6, 6.07) is 10.6. The lowest BCUT2D eigenvalue weighted by Gasteiger charge is -2.11. The molecule has 0 spiro atoms. The first-order chi connectivity index (χ1) is 8.58. The number of benzene rings is 2. The number of hydrogen-bond acceptors (Lipinski definition) is 2. The van der Waals surface area contributed by atoms with Crippen molar-refractivity contribution in [2.45, 2.75) is 6.54 Å². The molecule has 0 aliphatic rings. The Kier molecular flexibility index (Phi) is 4.38. The highest BCUT2D eigenvalue weighted by molar-refractivity contribution is 9.10. The fourth-order valence-electron chi connectivity index (χ4n) is 1.55. The summed E-state index contributed by atoms with van der Waals surface area (Å²) in [5.41, 5.74) is 1.43. The topological polar surface area (TPSA) is 32.3 Å². The number of phenolic OH excluding ortho intramolecular Hbond substituents is 1. The van der Waals surface area contributed by atoms with Crippen molar-refractivity contribution in [1.29, 1.82) is 0 Å². The number of halogens is 3. The molecule has 0 aromatic heterocycles. The maximum absolute atomic E-state index is 9.72. The van der Waals surface area contributed by atoms with E-state index in [2.05, 4.69) is 21.2 Å². The van der Waals surface area contributed by atoms with E-state index in [1.54, 1.807) is 30.3 Å². The van der Waals surface area contributed by atoms with Crippen molar-refractivity contribution < 1.29 is 5.11 Å². The third-order valence-corrected chi connectivity index (χ3v) is 3.58. The summed E-state index contributed by atoms with van der Waals surface area (Å²) in [5.74, 6) is 0.230. The van der Waals surface area contributed by atoms with Crippen molar-refractivity contribution in [2.24, 2.45) is 0 Å². The van der Waals surface area contributed by atoms with Gasteiger partial charge >= 0.3 is 0 Å². The number of nitrogens with one attached hydrogen (secondary N) is 1. The smallest absolute Gasteiger partial charge is 0.120 e. The van der Waals surface area contributed by atoms with E-state index in [0.29, 0.717) is 22.3 Å². The summed E-state index contributed by atoms with van der Waals surface area (Å²) >= 11 is 15.5. The molecule has 0 saturated heterocycles. The molecule has 2 nitrogen and oxygen atoms in total. The first-order valence-electron chi connectivity index (χ1n) is 5.23. The van der Waals surface area contributed by atoms with E-state index in [0.717, 1.165) is 10.0 Å². The molecule has 0 amide bonds. The Morgan fingerprint density at radius 3 is 2.44 bits per heavy atom. The van der Waals surface area contributed by atoms with E-state index in [-0.39, 0.29) is 5.75 Å². The maximum Gasteiger partial charge on any atom is 0.120 e. The molecule has 5 heteroatoms. The lowest BCUT2D eigenvalue weighted by molar-refractivity contribution is 0.469. The van der Waals surface area contributed by atoms with Gasteiger partial charge in [0, 0.05) is 16.6 Å². The van der Waals surface area contributed by atoms with Crippen LogP contribution in [0.5, 0.6) is 5.75 Å². The van der Waals surface area contributed by atoms with Gasteiger partial charge in [0.2, 0.25) is 0 Å². The van der Waals surface area contributed by atoms with Gasteiger partial charge in [-0.25, -0.2) is 0 Å². The number of para-hydroxylation sites is 1. The van der Waals surface area contributed by atoms with Crippen LogP contribution >= 0.6 is 39.1 Å². The summed E-state index contributed by atoms with van der Waals surface area (Å²) in [5, 5.41) is 14.0. The van der Waals surface area contributed by atoms with Crippen molar-refractivity contribution in [3.05, 3.63) is 56.5 Å². The van der Waals surface area contributed by atoms with Crippen LogP contribution in [0, 0.1) is 0 Å². The Hall–Kier alpha value is -0.900. The maximum atomic E-state index is 9.72. The zero-order valence-corrected chi connectivity index (χ0v) is 12.4. The molecule has 94 valence electrons. The Bertz CT molecular complexity index is 555. The summed E-state index contributed by atoms with van der Waals surface area (Å²) in [6.07, 6.45) is 0. The van der Waals surface area contributed by atoms with Gasteiger partial charge in [0.25, 0.3) is 0 Å². The molecule has 0 aliphatic heterocycles. The number of aromatic hydroxyl groups is 1. The molecule has 0 aliphatic carbocycles. The molecular weight excluding hydrogens is 337 g/mol. The molecule has 0 fully saturated rings. The summed E-state index contributed by atoms with van der Waals surface area (Å²) < 4.78 is 0.905. The van der Waals surface area contributed by atoms with Gasteiger partial charge in [-0.05, 0) is 30.3 Å². The minimum absolute atomic E-state index is 0.230. The van der Waals surface area contributed by atoms with E-state index >= 15 is 0 Å². The van der Waals surface area contributed by atoms with E-state index < -0.39 is 0 Å². The van der Waals surface area contributed by atoms with Crippen molar-refractivity contribution in [2.75, 3.05) is 5.32 Å². The molecular formula is C13H10BrCl2NO. The lowest BCUT2D eigenvalue weighted by atomic mass is 10.2. The van der Waals surface area contributed by atoms with E-state index in [4.69, 9.17) is 23.2 Å². The third-order valence-electron chi connectivity index (χ3n) is 2.46. The molecule has 2 rings (SSSR count). The minimum Gasteiger partial charge on any atom is -0.508 e. The zero-order valence-electron chi connectivity index (χ0n) is 9.25. The molecule has 0 radical (unpaired) electrons. The summed E-state index contributed by atoms with van der Waals surface area (Å²) in [4.78, 5) is 0. The normalized spacial score (nSPS) is 10.4. The van der Waals surface area contributed by atoms with Gasteiger partial charge in [-0.2, -0.15) is 0 Å². The standard InChI is InChI=1S/C13H10BrCl2NO/c14-9-4-5-12(18)8(6-9)7-17-13-10(15)2-1-3-11(13)16/h1-6,17-18H,7H2. The molecule has 0 heterocycles. The van der Waals surface area contributed by atoms with Crippen LogP contribution in [-0.4, -0.2) is 5.11 Å². The predicted molar refractivity (Wildman–Crippen MR) is 79.6 cm³/mol. The number of anilines is 1. The minimum atomic E-state index is 0.230. The van der Waals surface area contributed by atoms with Gasteiger partial charge < -0.3 is 10.4 Å². The summed E-state index contributed by atoms with van der Waals surface area (Å²) in [7, 11) is 0. The molecule has 0 unspecified atom stereocenters. The second-order valence-electron chi connectivity index (χ2n) is 3.72. The fourth-order valence-corrected chi connectivity index (χ4v) is 2.49. The number of rotatable bonds is 3. The van der Waals surface area contributed by atoms with Gasteiger partial charge in [-0.1, -0.05) is 45.2 Å². The fraction of sp³-hybridized carbons (Fsp3) is 0.0769. The SMILES string of the molecule is Oc1ccc(Br)cc1CNc1c(Cl)cccc1Cl. The first-order valence-corrected chi connectivity index (χ1v) is 6.78. The third kappa shape index (κ3) is 3.10. The highest BCUT2D eigenvalue weighted by Crippen LogP contribution is 2.31. The van der Waals surface area contributed by atoms with Crippen molar-refractivity contribution in [3.8, 4) is 5.75 Å². The van der Waals surface area contributed by atoms with Crippen LogP contribution < -0.4 is 5.32 Å². The molecule has 0 atom stereocenters. The van der Waals surface area contributed by atoms with Crippen LogP contribution in [0.4, 0.5) is 5.69 Å². The first kappa shape index (κ1) is 13.5. The van der Waals surface area contributed by atoms with Crippen LogP contribution in [0.1, 0.15) is 5.56 Å². The van der Waals surface area contributed by atoms with Gasteiger partial charge in [-0.15, -0.1) is 0 Å². The average Bonchev–Trinajstić information content (AvgIpc) is 2.33. The molecule has 0 saturated carbocycles. The average molecular weight is 347 g/mol. The van der Waals surface area contributed by atoms with Crippen LogP contribution in [0.25, 0.3) is 0 Å². The molecule has 18 heavy (non-hydrogen) atoms. The Balaban J connectivity index is 2.19. The Morgan fingerprint density at radius 2 is 1.78 bits per heavy atom. The predicted octanol–water partition coefficient (Wildman–Crippen LogP) is 5.07. The highest BCUT2D eigenvalue weighted by atomic mass is 79.9. The quantitative estimate of drug-likeness (QED) is 0.812. The van der Waals surface area contributed by atoms with Crippen LogP contribution in [0.15, 0.2) is 40.9 Å². The largest absolute Gasteiger partial charge is 0.508 e. The molecule has 2 aromatic rings.